The van der Waals surface area contributed by atoms with Crippen LogP contribution in [0, 0.1) is 5.92 Å². The highest BCUT2D eigenvalue weighted by atomic mass is 16.5. The number of nitrogens with zero attached hydrogens (tertiary/aromatic N) is 2. The van der Waals surface area contributed by atoms with Crippen LogP contribution in [0.25, 0.3) is 0 Å². The molecule has 134 valence electrons. The number of carbonyl (C=O) groups excluding carboxylic acids is 1. The van der Waals surface area contributed by atoms with Crippen LogP contribution >= 0.6 is 0 Å². The average Bonchev–Trinajstić information content (AvgIpc) is 3.03. The zero-order chi connectivity index (χ0) is 16.9. The summed E-state index contributed by atoms with van der Waals surface area (Å²) in [7, 11) is 1.84. The molecular formula is C18H29N3O3. The van der Waals surface area contributed by atoms with Crippen LogP contribution in [0.3, 0.4) is 0 Å². The lowest BCUT2D eigenvalue weighted by Crippen LogP contribution is -2.37. The summed E-state index contributed by atoms with van der Waals surface area (Å²) in [5.41, 5.74) is 1.51. The molecule has 2 heterocycles. The molecule has 1 aromatic rings. The van der Waals surface area contributed by atoms with Crippen LogP contribution in [0.5, 0.6) is 0 Å². The van der Waals surface area contributed by atoms with Gasteiger partial charge in [0.2, 0.25) is 0 Å². The summed E-state index contributed by atoms with van der Waals surface area (Å²) in [6.45, 7) is 1.77. The van der Waals surface area contributed by atoms with Gasteiger partial charge in [0.15, 0.2) is 0 Å². The fourth-order valence-corrected chi connectivity index (χ4v) is 3.93. The maximum atomic E-state index is 12.6. The molecule has 0 bridgehead atoms. The predicted octanol–water partition coefficient (Wildman–Crippen LogP) is 1.99. The first-order valence-corrected chi connectivity index (χ1v) is 9.22. The number of hydrogen-bond acceptors (Lipinski definition) is 4. The monoisotopic (exact) mass is 335 g/mol. The maximum Gasteiger partial charge on any atom is 0.254 e. The minimum Gasteiger partial charge on any atom is -0.391 e. The lowest BCUT2D eigenvalue weighted by molar-refractivity contribution is 0.0732. The van der Waals surface area contributed by atoms with E-state index >= 15 is 0 Å². The van der Waals surface area contributed by atoms with Gasteiger partial charge in [0, 0.05) is 38.9 Å². The molecule has 1 aromatic heterocycles. The van der Waals surface area contributed by atoms with Gasteiger partial charge in [0.1, 0.15) is 0 Å². The molecule has 1 saturated carbocycles. The Morgan fingerprint density at radius 1 is 1.33 bits per heavy atom. The quantitative estimate of drug-likeness (QED) is 0.863. The molecule has 6 nitrogen and oxygen atoms in total. The molecule has 1 aliphatic carbocycles. The van der Waals surface area contributed by atoms with Crippen molar-refractivity contribution in [3.05, 3.63) is 17.5 Å². The van der Waals surface area contributed by atoms with Crippen molar-refractivity contribution in [3.63, 3.8) is 0 Å². The first kappa shape index (κ1) is 17.4. The smallest absolute Gasteiger partial charge is 0.254 e. The lowest BCUT2D eigenvalue weighted by Gasteiger charge is -2.26. The number of nitrogens with one attached hydrogen (secondary N) is 1. The topological polar surface area (TPSA) is 76.4 Å². The molecule has 24 heavy (non-hydrogen) atoms. The third-order valence-corrected chi connectivity index (χ3v) is 5.38. The standard InChI is InChI=1S/C18H29N3O3/c1-21-12-15(17(20-21)14-7-9-24-10-8-14)18(23)19-11-16(22)13-5-3-2-4-6-13/h12-14,16,22H,2-11H2,1H3,(H,19,23). The lowest BCUT2D eigenvalue weighted by atomic mass is 9.85. The van der Waals surface area contributed by atoms with Crippen molar-refractivity contribution in [1.82, 2.24) is 15.1 Å². The van der Waals surface area contributed by atoms with Gasteiger partial charge in [-0.15, -0.1) is 0 Å². The highest BCUT2D eigenvalue weighted by molar-refractivity contribution is 5.95. The summed E-state index contributed by atoms with van der Waals surface area (Å²) in [5.74, 6) is 0.478. The van der Waals surface area contributed by atoms with E-state index in [0.717, 1.165) is 44.6 Å². The molecule has 1 saturated heterocycles. The van der Waals surface area contributed by atoms with Crippen LogP contribution in [-0.2, 0) is 11.8 Å². The molecular weight excluding hydrogens is 306 g/mol. The summed E-state index contributed by atoms with van der Waals surface area (Å²) >= 11 is 0. The van der Waals surface area contributed by atoms with Gasteiger partial charge in [-0.3, -0.25) is 9.48 Å². The fraction of sp³-hybridized carbons (Fsp3) is 0.778. The third-order valence-electron chi connectivity index (χ3n) is 5.38. The number of aryl methyl sites for hydroxylation is 1. The van der Waals surface area contributed by atoms with E-state index in [4.69, 9.17) is 4.74 Å². The second kappa shape index (κ2) is 8.12. The van der Waals surface area contributed by atoms with E-state index in [9.17, 15) is 9.90 Å². The molecule has 0 aromatic carbocycles. The van der Waals surface area contributed by atoms with Crippen molar-refractivity contribution in [3.8, 4) is 0 Å². The van der Waals surface area contributed by atoms with Crippen LogP contribution in [0.1, 0.15) is 66.9 Å². The van der Waals surface area contributed by atoms with Gasteiger partial charge in [0.05, 0.1) is 17.4 Å². The van der Waals surface area contributed by atoms with Crippen LogP contribution in [0.4, 0.5) is 0 Å². The third kappa shape index (κ3) is 4.16. The van der Waals surface area contributed by atoms with Gasteiger partial charge < -0.3 is 15.2 Å². The van der Waals surface area contributed by atoms with E-state index in [2.05, 4.69) is 10.4 Å². The number of aliphatic hydroxyl groups excluding tert-OH is 1. The highest BCUT2D eigenvalue weighted by Crippen LogP contribution is 2.29. The molecule has 1 amide bonds. The zero-order valence-electron chi connectivity index (χ0n) is 14.5. The number of aliphatic hydroxyl groups is 1. The Morgan fingerprint density at radius 3 is 2.75 bits per heavy atom. The number of ether oxygens (including phenoxy) is 1. The predicted molar refractivity (Wildman–Crippen MR) is 90.9 cm³/mol. The van der Waals surface area contributed by atoms with Gasteiger partial charge in [-0.2, -0.15) is 5.10 Å². The molecule has 2 fully saturated rings. The largest absolute Gasteiger partial charge is 0.391 e. The molecule has 2 N–H and O–H groups in total. The minimum absolute atomic E-state index is 0.126. The van der Waals surface area contributed by atoms with Crippen molar-refractivity contribution in [2.45, 2.75) is 57.0 Å². The molecule has 0 spiro atoms. The van der Waals surface area contributed by atoms with Crippen molar-refractivity contribution in [2.75, 3.05) is 19.8 Å². The number of carbonyl (C=O) groups is 1. The Kier molecular flexibility index (Phi) is 5.89. The Hall–Kier alpha value is -1.40. The first-order chi connectivity index (χ1) is 11.6. The number of hydrogen-bond donors (Lipinski definition) is 2. The second-order valence-electron chi connectivity index (χ2n) is 7.16. The van der Waals surface area contributed by atoms with Gasteiger partial charge in [-0.1, -0.05) is 19.3 Å². The van der Waals surface area contributed by atoms with Crippen LogP contribution in [0.15, 0.2) is 6.20 Å². The molecule has 6 heteroatoms. The van der Waals surface area contributed by atoms with Crippen molar-refractivity contribution in [1.29, 1.82) is 0 Å². The Bertz CT molecular complexity index is 546. The van der Waals surface area contributed by atoms with Crippen LogP contribution < -0.4 is 5.32 Å². The summed E-state index contributed by atoms with van der Waals surface area (Å²) in [6, 6.07) is 0. The van der Waals surface area contributed by atoms with Crippen molar-refractivity contribution < 1.29 is 14.6 Å². The van der Waals surface area contributed by atoms with E-state index in [1.807, 2.05) is 7.05 Å². The molecule has 1 aliphatic heterocycles. The number of rotatable bonds is 5. The summed E-state index contributed by atoms with van der Waals surface area (Å²) in [6.07, 6.45) is 8.92. The van der Waals surface area contributed by atoms with Gasteiger partial charge in [0.25, 0.3) is 5.91 Å². The summed E-state index contributed by atoms with van der Waals surface area (Å²) in [4.78, 5) is 12.6. The Morgan fingerprint density at radius 2 is 2.04 bits per heavy atom. The van der Waals surface area contributed by atoms with E-state index in [0.29, 0.717) is 18.0 Å². The van der Waals surface area contributed by atoms with Gasteiger partial charge in [-0.25, -0.2) is 0 Å². The molecule has 1 atom stereocenters. The van der Waals surface area contributed by atoms with E-state index in [1.165, 1.54) is 19.3 Å². The number of aromatic nitrogens is 2. The molecule has 3 rings (SSSR count). The second-order valence-corrected chi connectivity index (χ2v) is 7.16. The molecule has 1 unspecified atom stereocenters. The SMILES string of the molecule is Cn1cc(C(=O)NCC(O)C2CCCCC2)c(C2CCOCC2)n1. The Balaban J connectivity index is 1.60. The number of amides is 1. The van der Waals surface area contributed by atoms with Gasteiger partial charge >= 0.3 is 0 Å². The van der Waals surface area contributed by atoms with Crippen molar-refractivity contribution in [2.24, 2.45) is 13.0 Å². The van der Waals surface area contributed by atoms with Crippen LogP contribution in [-0.4, -0.2) is 46.7 Å². The maximum absolute atomic E-state index is 12.6. The molecule has 0 radical (unpaired) electrons. The summed E-state index contributed by atoms with van der Waals surface area (Å²) in [5, 5.41) is 17.8. The fourth-order valence-electron chi connectivity index (χ4n) is 3.93. The normalized spacial score (nSPS) is 21.6. The van der Waals surface area contributed by atoms with Crippen molar-refractivity contribution >= 4 is 5.91 Å². The van der Waals surface area contributed by atoms with Crippen LogP contribution in [0.2, 0.25) is 0 Å². The summed E-state index contributed by atoms with van der Waals surface area (Å²) < 4.78 is 7.11. The molecule has 2 aliphatic rings. The highest BCUT2D eigenvalue weighted by Gasteiger charge is 2.26. The Labute approximate surface area is 143 Å². The van der Waals surface area contributed by atoms with E-state index in [1.54, 1.807) is 10.9 Å². The van der Waals surface area contributed by atoms with Gasteiger partial charge in [-0.05, 0) is 31.6 Å². The average molecular weight is 335 g/mol. The van der Waals surface area contributed by atoms with E-state index < -0.39 is 6.10 Å². The first-order valence-electron chi connectivity index (χ1n) is 9.22. The zero-order valence-corrected chi connectivity index (χ0v) is 14.5. The van der Waals surface area contributed by atoms with E-state index in [-0.39, 0.29) is 11.8 Å². The minimum atomic E-state index is -0.447.